The largest absolute Gasteiger partial charge is 0.387 e. The van der Waals surface area contributed by atoms with Gasteiger partial charge in [0.25, 0.3) is 5.91 Å². The molecule has 36 heavy (non-hydrogen) atoms. The third-order valence-corrected chi connectivity index (χ3v) is 6.90. The zero-order valence-corrected chi connectivity index (χ0v) is 20.5. The molecular weight excluding hydrogens is 465 g/mol. The minimum atomic E-state index is -1.59. The number of methoxy groups -OCH3 is 1. The van der Waals surface area contributed by atoms with E-state index >= 15 is 4.39 Å². The fraction of sp³-hybridized carbons (Fsp3) is 0.480. The summed E-state index contributed by atoms with van der Waals surface area (Å²) in [7, 11) is 1.65. The van der Waals surface area contributed by atoms with Crippen molar-refractivity contribution in [3.8, 4) is 6.07 Å². The number of primary amides is 1. The summed E-state index contributed by atoms with van der Waals surface area (Å²) in [6, 6.07) is 5.18. The van der Waals surface area contributed by atoms with E-state index in [1.54, 1.807) is 30.0 Å². The highest BCUT2D eigenvalue weighted by atomic mass is 19.1. The van der Waals surface area contributed by atoms with Crippen molar-refractivity contribution in [2.45, 2.75) is 62.9 Å². The van der Waals surface area contributed by atoms with Crippen LogP contribution >= 0.6 is 0 Å². The number of aromatic nitrogens is 4. The molecule has 1 aliphatic carbocycles. The molecule has 1 aliphatic rings. The molecule has 4 rings (SSSR count). The zero-order valence-electron chi connectivity index (χ0n) is 20.5. The molecule has 3 aromatic rings. The van der Waals surface area contributed by atoms with E-state index in [2.05, 4.69) is 21.1 Å². The Hall–Kier alpha value is -3.62. The van der Waals surface area contributed by atoms with Gasteiger partial charge in [0.05, 0.1) is 53.2 Å². The molecule has 3 aromatic heterocycles. The van der Waals surface area contributed by atoms with Crippen LogP contribution in [-0.2, 0) is 4.74 Å². The molecule has 0 radical (unpaired) electrons. The number of carbonyl (C=O) groups is 1. The molecule has 0 saturated heterocycles. The van der Waals surface area contributed by atoms with Crippen LogP contribution in [0.15, 0.2) is 36.9 Å². The number of aliphatic hydroxyl groups is 1. The molecule has 0 spiro atoms. The van der Waals surface area contributed by atoms with Gasteiger partial charge in [-0.25, -0.2) is 13.9 Å². The number of nitriles is 1. The number of ether oxygens (including phenoxy) is 1. The van der Waals surface area contributed by atoms with Gasteiger partial charge in [0.2, 0.25) is 0 Å². The third kappa shape index (κ3) is 5.01. The average Bonchev–Trinajstić information content (AvgIpc) is 3.29. The van der Waals surface area contributed by atoms with Gasteiger partial charge in [0.1, 0.15) is 12.2 Å². The molecule has 0 bridgehead atoms. The van der Waals surface area contributed by atoms with Crippen molar-refractivity contribution >= 4 is 17.2 Å². The van der Waals surface area contributed by atoms with Gasteiger partial charge in [-0.1, -0.05) is 0 Å². The molecule has 0 unspecified atom stereocenters. The maximum Gasteiger partial charge on any atom is 0.252 e. The van der Waals surface area contributed by atoms with Crippen LogP contribution in [0.25, 0.3) is 5.65 Å². The zero-order chi connectivity index (χ0) is 26.0. The maximum absolute atomic E-state index is 15.2. The fourth-order valence-electron chi connectivity index (χ4n) is 4.87. The number of rotatable bonds is 8. The number of fused-ring (bicyclic) bond motifs is 1. The quantitative estimate of drug-likeness (QED) is 0.485. The summed E-state index contributed by atoms with van der Waals surface area (Å²) < 4.78 is 22.7. The number of hydrogen-bond acceptors (Lipinski definition) is 8. The van der Waals surface area contributed by atoms with Crippen LogP contribution in [-0.4, -0.2) is 68.2 Å². The monoisotopic (exact) mass is 495 g/mol. The van der Waals surface area contributed by atoms with E-state index in [9.17, 15) is 15.2 Å². The molecule has 11 heteroatoms. The average molecular weight is 496 g/mol. The summed E-state index contributed by atoms with van der Waals surface area (Å²) in [5, 5.41) is 23.9. The van der Waals surface area contributed by atoms with Crippen LogP contribution in [0.4, 0.5) is 10.1 Å². The number of carbonyl (C=O) groups excluding carboxylic acids is 1. The van der Waals surface area contributed by atoms with Crippen LogP contribution in [0.2, 0.25) is 0 Å². The van der Waals surface area contributed by atoms with Crippen LogP contribution in [0, 0.1) is 11.3 Å². The molecule has 1 amide bonds. The summed E-state index contributed by atoms with van der Waals surface area (Å²) >= 11 is 0. The van der Waals surface area contributed by atoms with Crippen molar-refractivity contribution in [2.24, 2.45) is 5.73 Å². The van der Waals surface area contributed by atoms with Crippen LogP contribution < -0.4 is 10.6 Å². The Morgan fingerprint density at radius 2 is 2.19 bits per heavy atom. The minimum Gasteiger partial charge on any atom is -0.387 e. The van der Waals surface area contributed by atoms with Crippen molar-refractivity contribution in [2.75, 3.05) is 18.6 Å². The van der Waals surface area contributed by atoms with Crippen molar-refractivity contribution < 1.29 is 19.0 Å². The van der Waals surface area contributed by atoms with Crippen molar-refractivity contribution in [1.82, 2.24) is 19.6 Å². The first-order valence-electron chi connectivity index (χ1n) is 11.8. The van der Waals surface area contributed by atoms with Gasteiger partial charge >= 0.3 is 0 Å². The summed E-state index contributed by atoms with van der Waals surface area (Å²) in [6.45, 7) is 2.70. The molecule has 4 atom stereocenters. The lowest BCUT2D eigenvalue weighted by molar-refractivity contribution is -0.00191. The second-order valence-corrected chi connectivity index (χ2v) is 9.69. The van der Waals surface area contributed by atoms with Gasteiger partial charge in [-0.3, -0.25) is 9.78 Å². The van der Waals surface area contributed by atoms with Crippen molar-refractivity contribution in [3.63, 3.8) is 0 Å². The van der Waals surface area contributed by atoms with E-state index in [-0.39, 0.29) is 30.2 Å². The third-order valence-electron chi connectivity index (χ3n) is 6.90. The molecule has 190 valence electrons. The number of amides is 1. The highest BCUT2D eigenvalue weighted by molar-refractivity contribution is 5.98. The highest BCUT2D eigenvalue weighted by Crippen LogP contribution is 2.39. The lowest BCUT2D eigenvalue weighted by atomic mass is 9.80. The van der Waals surface area contributed by atoms with Crippen molar-refractivity contribution in [1.29, 1.82) is 5.26 Å². The fourth-order valence-corrected chi connectivity index (χ4v) is 4.87. The number of nitrogens with two attached hydrogens (primary N) is 1. The van der Waals surface area contributed by atoms with Gasteiger partial charge in [0.15, 0.2) is 5.65 Å². The number of hydrogen-bond donors (Lipinski definition) is 2. The minimum absolute atomic E-state index is 0.135. The van der Waals surface area contributed by atoms with Gasteiger partial charge in [-0.05, 0) is 39.2 Å². The summed E-state index contributed by atoms with van der Waals surface area (Å²) in [5.41, 5.74) is 6.48. The lowest BCUT2D eigenvalue weighted by Crippen LogP contribution is -2.49. The number of imidazole rings is 1. The number of pyridine rings is 1. The van der Waals surface area contributed by atoms with E-state index in [0.717, 1.165) is 5.69 Å². The maximum atomic E-state index is 15.2. The Morgan fingerprint density at radius 3 is 2.86 bits per heavy atom. The highest BCUT2D eigenvalue weighted by Gasteiger charge is 2.39. The summed E-state index contributed by atoms with van der Waals surface area (Å²) in [4.78, 5) is 22.5. The van der Waals surface area contributed by atoms with Gasteiger partial charge in [-0.2, -0.15) is 10.4 Å². The van der Waals surface area contributed by atoms with Gasteiger partial charge < -0.3 is 20.5 Å². The molecular formula is C25H30FN7O3. The number of nitrogens with zero attached hydrogens (tertiary/aromatic N) is 6. The van der Waals surface area contributed by atoms with Crippen molar-refractivity contribution in [3.05, 3.63) is 53.7 Å². The normalized spacial score (nSPS) is 21.2. The second kappa shape index (κ2) is 10.2. The topological polar surface area (TPSA) is 143 Å². The Labute approximate surface area is 208 Å². The Bertz CT molecular complexity index is 1280. The standard InChI is InChI=1S/C25H30FN7O3/c1-25(2,35)22(26)14-32(19-6-7-29-12-18(19)24(28)34)16-4-5-21(36-3)17(9-16)20-13-30-23-8-15(10-27)11-31-33(20)23/h6-8,11-13,16-17,21-22,35H,4-5,9,14H2,1-3H3,(H2,28,34)/t16-,17-,21-,22-/m1/s1. The molecule has 3 N–H and O–H groups in total. The molecule has 0 aliphatic heterocycles. The first kappa shape index (κ1) is 25.5. The number of anilines is 1. The van der Waals surface area contributed by atoms with Crippen LogP contribution in [0.1, 0.15) is 60.6 Å². The molecule has 0 aromatic carbocycles. The molecule has 1 saturated carbocycles. The number of alkyl halides is 1. The van der Waals surface area contributed by atoms with E-state index < -0.39 is 17.7 Å². The Balaban J connectivity index is 1.74. The molecule has 10 nitrogen and oxygen atoms in total. The van der Waals surface area contributed by atoms with E-state index in [1.807, 2.05) is 4.90 Å². The summed E-state index contributed by atoms with van der Waals surface area (Å²) in [6.07, 6.45) is 6.28. The first-order valence-corrected chi connectivity index (χ1v) is 11.8. The predicted molar refractivity (Wildman–Crippen MR) is 130 cm³/mol. The van der Waals surface area contributed by atoms with E-state index in [4.69, 9.17) is 10.5 Å². The smallest absolute Gasteiger partial charge is 0.252 e. The number of halogens is 1. The molecule has 3 heterocycles. The van der Waals surface area contributed by atoms with Gasteiger partial charge in [0, 0.05) is 37.5 Å². The van der Waals surface area contributed by atoms with Crippen LogP contribution in [0.3, 0.4) is 0 Å². The Kier molecular flexibility index (Phi) is 7.19. The SMILES string of the molecule is CO[C@@H]1CC[C@@H](N(C[C@@H](F)C(C)(C)O)c2ccncc2C(N)=O)C[C@@H]1c1cnc2cc(C#N)cnn12. The second-order valence-electron chi connectivity index (χ2n) is 9.69. The van der Waals surface area contributed by atoms with Crippen LogP contribution in [0.5, 0.6) is 0 Å². The van der Waals surface area contributed by atoms with E-state index in [1.165, 1.54) is 32.4 Å². The van der Waals surface area contributed by atoms with Gasteiger partial charge in [-0.15, -0.1) is 0 Å². The molecule has 1 fully saturated rings. The van der Waals surface area contributed by atoms with E-state index in [0.29, 0.717) is 36.2 Å². The Morgan fingerprint density at radius 1 is 1.42 bits per heavy atom. The summed E-state index contributed by atoms with van der Waals surface area (Å²) in [5.74, 6) is -0.811. The predicted octanol–water partition coefficient (Wildman–Crippen LogP) is 2.36. The lowest BCUT2D eigenvalue weighted by Gasteiger charge is -2.43. The first-order chi connectivity index (χ1) is 17.1.